The van der Waals surface area contributed by atoms with Gasteiger partial charge in [-0.2, -0.15) is 0 Å². The molecule has 1 aliphatic carbocycles. The summed E-state index contributed by atoms with van der Waals surface area (Å²) in [6.45, 7) is 1.48. The van der Waals surface area contributed by atoms with Gasteiger partial charge < -0.3 is 10.1 Å². The Balaban J connectivity index is 1.04. The highest BCUT2D eigenvalue weighted by Crippen LogP contribution is 2.36. The summed E-state index contributed by atoms with van der Waals surface area (Å²) in [4.78, 5) is 0.331. The van der Waals surface area contributed by atoms with Gasteiger partial charge in [0.2, 0.25) is 10.0 Å². The number of ether oxygens (including phenoxy) is 1. The van der Waals surface area contributed by atoms with Crippen LogP contribution in [0.25, 0.3) is 10.8 Å². The van der Waals surface area contributed by atoms with Crippen LogP contribution in [0.1, 0.15) is 61.1 Å². The van der Waals surface area contributed by atoms with Crippen LogP contribution in [0.2, 0.25) is 0 Å². The minimum atomic E-state index is -3.49. The highest BCUT2D eigenvalue weighted by molar-refractivity contribution is 7.89. The normalized spacial score (nSPS) is 16.9. The summed E-state index contributed by atoms with van der Waals surface area (Å²) in [6, 6.07) is 31.0. The van der Waals surface area contributed by atoms with E-state index in [1.54, 1.807) is 19.2 Å². The fraction of sp³-hybridized carbons (Fsp3) is 0.371. The van der Waals surface area contributed by atoms with E-state index in [1.165, 1.54) is 16.7 Å². The summed E-state index contributed by atoms with van der Waals surface area (Å²) in [5.41, 5.74) is 4.24. The molecule has 0 saturated heterocycles. The first-order chi connectivity index (χ1) is 20.0. The molecule has 0 radical (unpaired) electrons. The number of hydrogen-bond acceptors (Lipinski definition) is 4. The molecular weight excluding hydrogens is 528 g/mol. The molecule has 1 aliphatic rings. The average Bonchev–Trinajstić information content (AvgIpc) is 3.01. The Bertz CT molecular complexity index is 1520. The number of hydrogen-bond donors (Lipinski definition) is 2. The Morgan fingerprint density at radius 2 is 1.51 bits per heavy atom. The van der Waals surface area contributed by atoms with Crippen molar-refractivity contribution < 1.29 is 13.2 Å². The molecule has 216 valence electrons. The molecule has 6 heteroatoms. The van der Waals surface area contributed by atoms with Crippen LogP contribution in [0, 0.1) is 0 Å². The maximum absolute atomic E-state index is 12.7. The van der Waals surface area contributed by atoms with Gasteiger partial charge in [-0.25, -0.2) is 13.1 Å². The van der Waals surface area contributed by atoms with Crippen molar-refractivity contribution in [1.82, 2.24) is 10.0 Å². The van der Waals surface area contributed by atoms with Crippen molar-refractivity contribution in [2.45, 2.75) is 68.2 Å². The topological polar surface area (TPSA) is 67.4 Å². The van der Waals surface area contributed by atoms with E-state index >= 15 is 0 Å². The lowest BCUT2D eigenvalue weighted by atomic mass is 9.76. The molecule has 2 unspecified atom stereocenters. The third kappa shape index (κ3) is 7.76. The Labute approximate surface area is 245 Å². The second-order valence-corrected chi connectivity index (χ2v) is 12.9. The second-order valence-electron chi connectivity index (χ2n) is 11.1. The van der Waals surface area contributed by atoms with E-state index in [4.69, 9.17) is 4.74 Å². The highest BCUT2D eigenvalue weighted by atomic mass is 32.2. The molecule has 41 heavy (non-hydrogen) atoms. The zero-order chi connectivity index (χ0) is 28.5. The number of methoxy groups -OCH3 is 1. The summed E-state index contributed by atoms with van der Waals surface area (Å²) in [6.07, 6.45) is 8.51. The molecule has 0 fully saturated rings. The molecular formula is C35H42N2O3S. The molecule has 0 bridgehead atoms. The van der Waals surface area contributed by atoms with Gasteiger partial charge in [0.15, 0.2) is 0 Å². The number of unbranched alkanes of at least 4 members (excludes halogenated alkanes) is 4. The van der Waals surface area contributed by atoms with Crippen molar-refractivity contribution in [1.29, 1.82) is 0 Å². The lowest BCUT2D eigenvalue weighted by molar-refractivity contribution is 0.376. The SMILES string of the molecule is COc1ccc2c(c1)CCC(NCCCCCCCNS(=O)(=O)c1ccc3ccccc3c1)C2Cc1ccccc1. The molecule has 2 atom stereocenters. The molecule has 0 aromatic heterocycles. The summed E-state index contributed by atoms with van der Waals surface area (Å²) in [7, 11) is -1.75. The molecule has 4 aromatic carbocycles. The first kappa shape index (κ1) is 29.3. The van der Waals surface area contributed by atoms with E-state index < -0.39 is 10.0 Å². The number of nitrogens with one attached hydrogen (secondary N) is 2. The fourth-order valence-corrected chi connectivity index (χ4v) is 7.18. The number of sulfonamides is 1. The highest BCUT2D eigenvalue weighted by Gasteiger charge is 2.29. The summed E-state index contributed by atoms with van der Waals surface area (Å²) in [5.74, 6) is 1.39. The molecule has 4 aromatic rings. The van der Waals surface area contributed by atoms with Crippen LogP contribution in [0.15, 0.2) is 95.9 Å². The van der Waals surface area contributed by atoms with Crippen molar-refractivity contribution in [3.05, 3.63) is 108 Å². The number of fused-ring (bicyclic) bond motifs is 2. The van der Waals surface area contributed by atoms with Gasteiger partial charge in [-0.1, -0.05) is 86.0 Å². The van der Waals surface area contributed by atoms with Crippen LogP contribution in [0.3, 0.4) is 0 Å². The third-order valence-electron chi connectivity index (χ3n) is 8.34. The Morgan fingerprint density at radius 3 is 2.32 bits per heavy atom. The standard InChI is InChI=1S/C35H42N2O3S/c1-40-31-18-20-33-30(25-31)17-21-35(34(33)24-27-12-6-5-7-13-27)36-22-10-3-2-4-11-23-37-41(38,39)32-19-16-28-14-8-9-15-29(28)26-32/h5-9,12-16,18-20,25-26,34-37H,2-4,10-11,17,21-24H2,1H3. The van der Waals surface area contributed by atoms with Crippen molar-refractivity contribution in [3.8, 4) is 5.75 Å². The van der Waals surface area contributed by atoms with Gasteiger partial charge in [-0.3, -0.25) is 0 Å². The number of benzene rings is 4. The van der Waals surface area contributed by atoms with Gasteiger partial charge in [0.1, 0.15) is 5.75 Å². The van der Waals surface area contributed by atoms with Crippen LogP contribution in [0.4, 0.5) is 0 Å². The van der Waals surface area contributed by atoms with Crippen LogP contribution >= 0.6 is 0 Å². The van der Waals surface area contributed by atoms with Crippen LogP contribution in [0.5, 0.6) is 5.75 Å². The maximum atomic E-state index is 12.7. The molecule has 2 N–H and O–H groups in total. The Kier molecular flexibility index (Phi) is 10.1. The van der Waals surface area contributed by atoms with Gasteiger partial charge in [-0.15, -0.1) is 0 Å². The molecule has 5 rings (SSSR count). The number of aryl methyl sites for hydroxylation is 1. The molecule has 0 heterocycles. The lowest BCUT2D eigenvalue weighted by Gasteiger charge is -2.35. The minimum absolute atomic E-state index is 0.331. The van der Waals surface area contributed by atoms with Crippen LogP contribution in [-0.4, -0.2) is 34.7 Å². The summed E-state index contributed by atoms with van der Waals surface area (Å²) < 4.78 is 33.7. The molecule has 0 amide bonds. The van der Waals surface area contributed by atoms with E-state index in [0.29, 0.717) is 23.4 Å². The smallest absolute Gasteiger partial charge is 0.240 e. The quantitative estimate of drug-likeness (QED) is 0.160. The van der Waals surface area contributed by atoms with Crippen molar-refractivity contribution in [2.75, 3.05) is 20.2 Å². The molecule has 0 spiro atoms. The summed E-state index contributed by atoms with van der Waals surface area (Å²) >= 11 is 0. The zero-order valence-electron chi connectivity index (χ0n) is 24.0. The maximum Gasteiger partial charge on any atom is 0.240 e. The molecule has 0 saturated carbocycles. The molecule has 5 nitrogen and oxygen atoms in total. The largest absolute Gasteiger partial charge is 0.497 e. The first-order valence-electron chi connectivity index (χ1n) is 15.0. The van der Waals surface area contributed by atoms with E-state index in [9.17, 15) is 8.42 Å². The lowest BCUT2D eigenvalue weighted by Crippen LogP contribution is -2.39. The predicted octanol–water partition coefficient (Wildman–Crippen LogP) is 7.01. The van der Waals surface area contributed by atoms with Crippen LogP contribution in [-0.2, 0) is 22.9 Å². The number of rotatable bonds is 14. The van der Waals surface area contributed by atoms with Gasteiger partial charge in [0.25, 0.3) is 0 Å². The zero-order valence-corrected chi connectivity index (χ0v) is 24.8. The van der Waals surface area contributed by atoms with Gasteiger partial charge in [0, 0.05) is 18.5 Å². The second kappa shape index (κ2) is 14.1. The van der Waals surface area contributed by atoms with Crippen molar-refractivity contribution in [3.63, 3.8) is 0 Å². The Morgan fingerprint density at radius 1 is 0.780 bits per heavy atom. The fourth-order valence-electron chi connectivity index (χ4n) is 6.07. The third-order valence-corrected chi connectivity index (χ3v) is 9.80. The molecule has 0 aliphatic heterocycles. The first-order valence-corrected chi connectivity index (χ1v) is 16.4. The Hall–Kier alpha value is -3.19. The minimum Gasteiger partial charge on any atom is -0.497 e. The van der Waals surface area contributed by atoms with E-state index in [1.807, 2.05) is 30.3 Å². The monoisotopic (exact) mass is 570 g/mol. The van der Waals surface area contributed by atoms with Crippen molar-refractivity contribution in [2.24, 2.45) is 0 Å². The van der Waals surface area contributed by atoms with Gasteiger partial charge in [-0.05, 0) is 90.4 Å². The van der Waals surface area contributed by atoms with Crippen LogP contribution < -0.4 is 14.8 Å². The van der Waals surface area contributed by atoms with E-state index in [0.717, 1.165) is 74.4 Å². The van der Waals surface area contributed by atoms with Gasteiger partial charge in [0.05, 0.1) is 12.0 Å². The van der Waals surface area contributed by atoms with Gasteiger partial charge >= 0.3 is 0 Å². The van der Waals surface area contributed by atoms with E-state index in [2.05, 4.69) is 58.6 Å². The van der Waals surface area contributed by atoms with E-state index in [-0.39, 0.29) is 0 Å². The average molecular weight is 571 g/mol. The predicted molar refractivity (Wildman–Crippen MR) is 168 cm³/mol. The van der Waals surface area contributed by atoms with Crippen molar-refractivity contribution >= 4 is 20.8 Å². The summed E-state index contributed by atoms with van der Waals surface area (Å²) in [5, 5.41) is 5.87.